The SMILES string of the molecule is CCOC(=O)C(CC(C)C)C(=O)OCC.[H-].[Na+]. The number of carbonyl (C=O) groups excluding carboxylic acids is 2. The molecule has 0 aliphatic rings. The van der Waals surface area contributed by atoms with Gasteiger partial charge in [0.1, 0.15) is 0 Å². The van der Waals surface area contributed by atoms with Crippen LogP contribution in [0.15, 0.2) is 0 Å². The smallest absolute Gasteiger partial charge is 1.00 e. The number of ether oxygens (including phenoxy) is 2. The third-order valence-corrected chi connectivity index (χ3v) is 1.85. The summed E-state index contributed by atoms with van der Waals surface area (Å²) >= 11 is 0. The van der Waals surface area contributed by atoms with Crippen LogP contribution in [-0.2, 0) is 19.1 Å². The van der Waals surface area contributed by atoms with Crippen LogP contribution < -0.4 is 29.6 Å². The maximum atomic E-state index is 11.5. The van der Waals surface area contributed by atoms with Gasteiger partial charge in [-0.2, -0.15) is 0 Å². The summed E-state index contributed by atoms with van der Waals surface area (Å²) in [4.78, 5) is 22.9. The number of esters is 2. The predicted octanol–water partition coefficient (Wildman–Crippen LogP) is -1.11. The minimum Gasteiger partial charge on any atom is -1.00 e. The zero-order valence-corrected chi connectivity index (χ0v) is 12.9. The fourth-order valence-corrected chi connectivity index (χ4v) is 1.25. The molecule has 0 aliphatic heterocycles. The van der Waals surface area contributed by atoms with E-state index in [2.05, 4.69) is 0 Å². The van der Waals surface area contributed by atoms with Gasteiger partial charge >= 0.3 is 41.5 Å². The monoisotopic (exact) mass is 240 g/mol. The molecule has 0 saturated carbocycles. The van der Waals surface area contributed by atoms with E-state index in [9.17, 15) is 9.59 Å². The first-order valence-electron chi connectivity index (χ1n) is 5.36. The molecule has 16 heavy (non-hydrogen) atoms. The van der Waals surface area contributed by atoms with Gasteiger partial charge in [-0.3, -0.25) is 9.59 Å². The van der Waals surface area contributed by atoms with Crippen molar-refractivity contribution < 1.29 is 50.0 Å². The van der Waals surface area contributed by atoms with Gasteiger partial charge < -0.3 is 10.9 Å². The first kappa shape index (κ1) is 18.3. The standard InChI is InChI=1S/C11H20O4.Na.H/c1-5-14-10(12)9(7-8(3)4)11(13)15-6-2;;/h8-9H,5-7H2,1-4H3;;/q;+1;-1. The van der Waals surface area contributed by atoms with Crippen molar-refractivity contribution in [1.29, 1.82) is 0 Å². The normalized spacial score (nSPS) is 9.88. The van der Waals surface area contributed by atoms with E-state index in [1.165, 1.54) is 0 Å². The van der Waals surface area contributed by atoms with Crippen molar-refractivity contribution in [3.8, 4) is 0 Å². The van der Waals surface area contributed by atoms with Crippen molar-refractivity contribution in [2.75, 3.05) is 13.2 Å². The van der Waals surface area contributed by atoms with E-state index in [-0.39, 0.29) is 50.1 Å². The van der Waals surface area contributed by atoms with Gasteiger partial charge in [-0.25, -0.2) is 0 Å². The van der Waals surface area contributed by atoms with E-state index in [0.717, 1.165) is 0 Å². The number of hydrogen-bond acceptors (Lipinski definition) is 4. The maximum absolute atomic E-state index is 11.5. The Kier molecular flexibility index (Phi) is 11.6. The van der Waals surface area contributed by atoms with Crippen LogP contribution in [0.4, 0.5) is 0 Å². The van der Waals surface area contributed by atoms with Gasteiger partial charge in [-0.15, -0.1) is 0 Å². The molecule has 0 aromatic carbocycles. The van der Waals surface area contributed by atoms with Gasteiger partial charge in [0, 0.05) is 0 Å². The van der Waals surface area contributed by atoms with Crippen molar-refractivity contribution in [3.63, 3.8) is 0 Å². The molecule has 0 heterocycles. The minimum atomic E-state index is -0.773. The molecule has 0 aromatic heterocycles. The molecule has 90 valence electrons. The molecular formula is C11H21NaO4. The number of carbonyl (C=O) groups is 2. The first-order valence-corrected chi connectivity index (χ1v) is 5.36. The third-order valence-electron chi connectivity index (χ3n) is 1.85. The predicted molar refractivity (Wildman–Crippen MR) is 57.3 cm³/mol. The van der Waals surface area contributed by atoms with E-state index >= 15 is 0 Å². The topological polar surface area (TPSA) is 52.6 Å². The number of hydrogen-bond donors (Lipinski definition) is 0. The zero-order valence-electron chi connectivity index (χ0n) is 11.9. The van der Waals surface area contributed by atoms with Gasteiger partial charge in [0.2, 0.25) is 0 Å². The van der Waals surface area contributed by atoms with Crippen molar-refractivity contribution in [3.05, 3.63) is 0 Å². The summed E-state index contributed by atoms with van der Waals surface area (Å²) < 4.78 is 9.67. The average Bonchev–Trinajstić information content (AvgIpc) is 2.14. The molecule has 0 rings (SSSR count). The Bertz CT molecular complexity index is 204. The molecule has 0 atom stereocenters. The quantitative estimate of drug-likeness (QED) is 0.336. The fraction of sp³-hybridized carbons (Fsp3) is 0.818. The second kappa shape index (κ2) is 10.1. The summed E-state index contributed by atoms with van der Waals surface area (Å²) in [6.45, 7) is 7.90. The summed E-state index contributed by atoms with van der Waals surface area (Å²) in [6.07, 6.45) is 0.470. The molecule has 0 spiro atoms. The van der Waals surface area contributed by atoms with Crippen LogP contribution in [0, 0.1) is 11.8 Å². The van der Waals surface area contributed by atoms with Crippen molar-refractivity contribution in [1.82, 2.24) is 0 Å². The van der Waals surface area contributed by atoms with E-state index < -0.39 is 17.9 Å². The molecule has 4 nitrogen and oxygen atoms in total. The molecule has 5 heteroatoms. The number of rotatable bonds is 6. The summed E-state index contributed by atoms with van der Waals surface area (Å²) in [5.74, 6) is -1.48. The molecule has 0 aromatic rings. The van der Waals surface area contributed by atoms with E-state index in [4.69, 9.17) is 9.47 Å². The summed E-state index contributed by atoms with van der Waals surface area (Å²) in [6, 6.07) is 0. The first-order chi connectivity index (χ1) is 7.02. The van der Waals surface area contributed by atoms with Gasteiger partial charge in [-0.05, 0) is 26.2 Å². The molecule has 0 fully saturated rings. The molecule has 0 radical (unpaired) electrons. The van der Waals surface area contributed by atoms with Crippen LogP contribution >= 0.6 is 0 Å². The zero-order chi connectivity index (χ0) is 11.8. The maximum Gasteiger partial charge on any atom is 1.00 e. The van der Waals surface area contributed by atoms with Crippen LogP contribution in [0.5, 0.6) is 0 Å². The van der Waals surface area contributed by atoms with E-state index in [1.54, 1.807) is 13.8 Å². The Balaban J connectivity index is -0.000000980. The van der Waals surface area contributed by atoms with Gasteiger partial charge in [0.25, 0.3) is 0 Å². The minimum absolute atomic E-state index is 0. The van der Waals surface area contributed by atoms with Crippen LogP contribution in [0.3, 0.4) is 0 Å². The molecule has 0 unspecified atom stereocenters. The molecule has 0 N–H and O–H groups in total. The summed E-state index contributed by atoms with van der Waals surface area (Å²) in [7, 11) is 0. The molecule has 0 aliphatic carbocycles. The van der Waals surface area contributed by atoms with Crippen LogP contribution in [-0.4, -0.2) is 25.2 Å². The fourth-order valence-electron chi connectivity index (χ4n) is 1.25. The summed E-state index contributed by atoms with van der Waals surface area (Å²) in [5.41, 5.74) is 0. The molecule has 0 saturated heterocycles. The Morgan fingerprint density at radius 1 is 1.06 bits per heavy atom. The second-order valence-corrected chi connectivity index (χ2v) is 3.69. The average molecular weight is 240 g/mol. The van der Waals surface area contributed by atoms with Crippen molar-refractivity contribution in [2.45, 2.75) is 34.1 Å². The van der Waals surface area contributed by atoms with E-state index in [0.29, 0.717) is 6.42 Å². The van der Waals surface area contributed by atoms with Gasteiger partial charge in [0.05, 0.1) is 13.2 Å². The molecule has 0 bridgehead atoms. The Labute approximate surface area is 121 Å². The van der Waals surface area contributed by atoms with Crippen molar-refractivity contribution in [2.24, 2.45) is 11.8 Å². The largest absolute Gasteiger partial charge is 1.00 e. The van der Waals surface area contributed by atoms with Crippen LogP contribution in [0.1, 0.15) is 35.5 Å². The third kappa shape index (κ3) is 7.25. The van der Waals surface area contributed by atoms with E-state index in [1.807, 2.05) is 13.8 Å². The van der Waals surface area contributed by atoms with Gasteiger partial charge in [-0.1, -0.05) is 13.8 Å². The molecule has 0 amide bonds. The Hall–Kier alpha value is -0.0600. The van der Waals surface area contributed by atoms with Gasteiger partial charge in [0.15, 0.2) is 5.92 Å². The Morgan fingerprint density at radius 3 is 1.69 bits per heavy atom. The van der Waals surface area contributed by atoms with Crippen LogP contribution in [0.2, 0.25) is 0 Å². The Morgan fingerprint density at radius 2 is 1.44 bits per heavy atom. The van der Waals surface area contributed by atoms with Crippen molar-refractivity contribution >= 4 is 11.9 Å². The summed E-state index contributed by atoms with van der Waals surface area (Å²) in [5, 5.41) is 0. The van der Waals surface area contributed by atoms with Crippen LogP contribution in [0.25, 0.3) is 0 Å². The second-order valence-electron chi connectivity index (χ2n) is 3.69. The molecular weight excluding hydrogens is 219 g/mol.